The SMILES string of the molecule is Cc1cc(C)cc(C(=O)Nc2ccc(C(=O)NCCNC(=O)c3ccco3)cc2)c1. The maximum atomic E-state index is 12.4. The number of furan rings is 1. The molecule has 3 N–H and O–H groups in total. The molecule has 0 radical (unpaired) electrons. The van der Waals surface area contributed by atoms with Crippen molar-refractivity contribution < 1.29 is 18.8 Å². The molecule has 0 spiro atoms. The van der Waals surface area contributed by atoms with Crippen LogP contribution in [-0.4, -0.2) is 30.8 Å². The fraction of sp³-hybridized carbons (Fsp3) is 0.174. The van der Waals surface area contributed by atoms with Gasteiger partial charge in [0.25, 0.3) is 17.7 Å². The molecule has 1 aromatic heterocycles. The number of hydrogen-bond acceptors (Lipinski definition) is 4. The molecule has 0 aliphatic heterocycles. The normalized spacial score (nSPS) is 10.3. The summed E-state index contributed by atoms with van der Waals surface area (Å²) < 4.78 is 4.99. The maximum absolute atomic E-state index is 12.4. The van der Waals surface area contributed by atoms with Gasteiger partial charge in [-0.05, 0) is 62.4 Å². The first-order chi connectivity index (χ1) is 14.4. The van der Waals surface area contributed by atoms with Crippen LogP contribution in [-0.2, 0) is 0 Å². The van der Waals surface area contributed by atoms with E-state index in [0.717, 1.165) is 11.1 Å². The molecular formula is C23H23N3O4. The molecule has 3 aromatic rings. The average molecular weight is 405 g/mol. The molecular weight excluding hydrogens is 382 g/mol. The van der Waals surface area contributed by atoms with E-state index in [0.29, 0.717) is 16.8 Å². The van der Waals surface area contributed by atoms with Crippen molar-refractivity contribution in [3.63, 3.8) is 0 Å². The molecule has 7 nitrogen and oxygen atoms in total. The monoisotopic (exact) mass is 405 g/mol. The Balaban J connectivity index is 1.48. The van der Waals surface area contributed by atoms with E-state index >= 15 is 0 Å². The largest absolute Gasteiger partial charge is 0.459 e. The predicted octanol–water partition coefficient (Wildman–Crippen LogP) is 3.31. The second-order valence-corrected chi connectivity index (χ2v) is 6.90. The number of hydrogen-bond donors (Lipinski definition) is 3. The number of aryl methyl sites for hydroxylation is 2. The van der Waals surface area contributed by atoms with Crippen LogP contribution in [0.3, 0.4) is 0 Å². The quantitative estimate of drug-likeness (QED) is 0.525. The molecule has 0 aliphatic rings. The van der Waals surface area contributed by atoms with Crippen molar-refractivity contribution in [3.05, 3.63) is 88.9 Å². The molecule has 0 unspecified atom stereocenters. The van der Waals surface area contributed by atoms with E-state index in [1.807, 2.05) is 32.0 Å². The van der Waals surface area contributed by atoms with Crippen LogP contribution in [0.4, 0.5) is 5.69 Å². The molecule has 7 heteroatoms. The zero-order valence-corrected chi connectivity index (χ0v) is 16.8. The molecule has 1 heterocycles. The smallest absolute Gasteiger partial charge is 0.287 e. The minimum atomic E-state index is -0.335. The van der Waals surface area contributed by atoms with E-state index in [2.05, 4.69) is 16.0 Å². The number of anilines is 1. The van der Waals surface area contributed by atoms with Crippen LogP contribution >= 0.6 is 0 Å². The highest BCUT2D eigenvalue weighted by Crippen LogP contribution is 2.14. The zero-order valence-electron chi connectivity index (χ0n) is 16.8. The predicted molar refractivity (Wildman–Crippen MR) is 114 cm³/mol. The molecule has 3 amide bonds. The van der Waals surface area contributed by atoms with E-state index in [4.69, 9.17) is 4.42 Å². The van der Waals surface area contributed by atoms with Crippen LogP contribution < -0.4 is 16.0 Å². The minimum Gasteiger partial charge on any atom is -0.459 e. The molecule has 0 fully saturated rings. The van der Waals surface area contributed by atoms with E-state index in [1.165, 1.54) is 6.26 Å². The van der Waals surface area contributed by atoms with E-state index in [1.54, 1.807) is 36.4 Å². The van der Waals surface area contributed by atoms with Crippen LogP contribution in [0.1, 0.15) is 42.4 Å². The van der Waals surface area contributed by atoms with Gasteiger partial charge in [-0.3, -0.25) is 14.4 Å². The molecule has 0 saturated carbocycles. The Labute approximate surface area is 174 Å². The number of rotatable bonds is 7. The van der Waals surface area contributed by atoms with Gasteiger partial charge in [0.2, 0.25) is 0 Å². The van der Waals surface area contributed by atoms with Crippen LogP contribution in [0.25, 0.3) is 0 Å². The molecule has 3 rings (SSSR count). The zero-order chi connectivity index (χ0) is 21.5. The number of carbonyl (C=O) groups is 3. The van der Waals surface area contributed by atoms with Gasteiger partial charge in [0.1, 0.15) is 0 Å². The van der Waals surface area contributed by atoms with Crippen LogP contribution in [0.5, 0.6) is 0 Å². The van der Waals surface area contributed by atoms with Crippen LogP contribution in [0.15, 0.2) is 65.3 Å². The van der Waals surface area contributed by atoms with Gasteiger partial charge in [-0.2, -0.15) is 0 Å². The van der Waals surface area contributed by atoms with Gasteiger partial charge in [-0.1, -0.05) is 17.2 Å². The fourth-order valence-electron chi connectivity index (χ4n) is 2.96. The first kappa shape index (κ1) is 20.9. The van der Waals surface area contributed by atoms with Crippen LogP contribution in [0, 0.1) is 13.8 Å². The lowest BCUT2D eigenvalue weighted by molar-refractivity contribution is 0.0910. The summed E-state index contributed by atoms with van der Waals surface area (Å²) in [6.07, 6.45) is 1.42. The topological polar surface area (TPSA) is 100 Å². The number of nitrogens with one attached hydrogen (secondary N) is 3. The summed E-state index contributed by atoms with van der Waals surface area (Å²) in [7, 11) is 0. The Kier molecular flexibility index (Phi) is 6.64. The fourth-order valence-corrected chi connectivity index (χ4v) is 2.96. The molecule has 2 aromatic carbocycles. The summed E-state index contributed by atoms with van der Waals surface area (Å²) >= 11 is 0. The third-order valence-corrected chi connectivity index (χ3v) is 4.33. The lowest BCUT2D eigenvalue weighted by Crippen LogP contribution is -2.34. The maximum Gasteiger partial charge on any atom is 0.287 e. The highest BCUT2D eigenvalue weighted by atomic mass is 16.3. The number of benzene rings is 2. The van der Waals surface area contributed by atoms with E-state index in [9.17, 15) is 14.4 Å². The average Bonchev–Trinajstić information content (AvgIpc) is 3.25. The van der Waals surface area contributed by atoms with Crippen molar-refractivity contribution in [2.24, 2.45) is 0 Å². The molecule has 0 aliphatic carbocycles. The molecule has 0 saturated heterocycles. The Morgan fingerprint density at radius 1 is 0.767 bits per heavy atom. The van der Waals surface area contributed by atoms with Gasteiger partial charge in [0.05, 0.1) is 6.26 Å². The minimum absolute atomic E-state index is 0.202. The van der Waals surface area contributed by atoms with Gasteiger partial charge in [0, 0.05) is 29.9 Å². The number of carbonyl (C=O) groups excluding carboxylic acids is 3. The molecule has 154 valence electrons. The third kappa shape index (κ3) is 5.57. The summed E-state index contributed by atoms with van der Waals surface area (Å²) in [5, 5.41) is 8.21. The molecule has 0 atom stereocenters. The second kappa shape index (κ2) is 9.56. The highest BCUT2D eigenvalue weighted by molar-refractivity contribution is 6.04. The van der Waals surface area contributed by atoms with E-state index < -0.39 is 0 Å². The summed E-state index contributed by atoms with van der Waals surface area (Å²) in [6.45, 7) is 4.44. The Morgan fingerprint density at radius 2 is 1.40 bits per heavy atom. The number of amides is 3. The third-order valence-electron chi connectivity index (χ3n) is 4.33. The van der Waals surface area contributed by atoms with Crippen molar-refractivity contribution >= 4 is 23.4 Å². The van der Waals surface area contributed by atoms with Crippen molar-refractivity contribution in [3.8, 4) is 0 Å². The summed E-state index contributed by atoms with van der Waals surface area (Å²) in [6, 6.07) is 15.5. The Bertz CT molecular complexity index is 1020. The van der Waals surface area contributed by atoms with Gasteiger partial charge in [-0.15, -0.1) is 0 Å². The van der Waals surface area contributed by atoms with Gasteiger partial charge < -0.3 is 20.4 Å². The second-order valence-electron chi connectivity index (χ2n) is 6.90. The van der Waals surface area contributed by atoms with Crippen molar-refractivity contribution in [1.29, 1.82) is 0 Å². The van der Waals surface area contributed by atoms with E-state index in [-0.39, 0.29) is 36.6 Å². The van der Waals surface area contributed by atoms with Crippen molar-refractivity contribution in [2.45, 2.75) is 13.8 Å². The molecule has 30 heavy (non-hydrogen) atoms. The van der Waals surface area contributed by atoms with Gasteiger partial charge >= 0.3 is 0 Å². The standard InChI is InChI=1S/C23H23N3O4/c1-15-12-16(2)14-18(13-15)22(28)26-19-7-5-17(6-8-19)21(27)24-9-10-25-23(29)20-4-3-11-30-20/h3-8,11-14H,9-10H2,1-2H3,(H,24,27)(H,25,29)(H,26,28). The Hall–Kier alpha value is -3.87. The lowest BCUT2D eigenvalue weighted by atomic mass is 10.1. The van der Waals surface area contributed by atoms with Gasteiger partial charge in [-0.25, -0.2) is 0 Å². The molecule has 0 bridgehead atoms. The first-order valence-electron chi connectivity index (χ1n) is 9.52. The van der Waals surface area contributed by atoms with Crippen molar-refractivity contribution in [1.82, 2.24) is 10.6 Å². The van der Waals surface area contributed by atoms with Crippen LogP contribution in [0.2, 0.25) is 0 Å². The summed E-state index contributed by atoms with van der Waals surface area (Å²) in [4.78, 5) is 36.4. The summed E-state index contributed by atoms with van der Waals surface area (Å²) in [5.41, 5.74) is 3.68. The highest BCUT2D eigenvalue weighted by Gasteiger charge is 2.10. The first-order valence-corrected chi connectivity index (χ1v) is 9.52. The van der Waals surface area contributed by atoms with Gasteiger partial charge in [0.15, 0.2) is 5.76 Å². The Morgan fingerprint density at radius 3 is 2.00 bits per heavy atom. The summed E-state index contributed by atoms with van der Waals surface area (Å²) in [5.74, 6) is -0.585. The van der Waals surface area contributed by atoms with Crippen molar-refractivity contribution in [2.75, 3.05) is 18.4 Å². The lowest BCUT2D eigenvalue weighted by Gasteiger charge is -2.09.